The molecule has 0 aliphatic rings. The van der Waals surface area contributed by atoms with E-state index in [1.54, 1.807) is 7.05 Å². The lowest BCUT2D eigenvalue weighted by atomic mass is 10.0. The largest absolute Gasteiger partial charge is 0.358 e. The lowest BCUT2D eigenvalue weighted by molar-refractivity contribution is -0.118. The third kappa shape index (κ3) is 3.88. The number of aryl methyl sites for hydroxylation is 2. The van der Waals surface area contributed by atoms with Gasteiger partial charge < -0.3 is 5.32 Å². The lowest BCUT2D eigenvalue weighted by Gasteiger charge is -2.12. The predicted octanol–water partition coefficient (Wildman–Crippen LogP) is 2.35. The number of thioether (sulfide) groups is 1. The first-order valence-corrected chi connectivity index (χ1v) is 6.94. The number of benzene rings is 1. The van der Waals surface area contributed by atoms with Crippen molar-refractivity contribution in [2.75, 3.05) is 12.8 Å². The fourth-order valence-corrected chi connectivity index (χ4v) is 2.39. The summed E-state index contributed by atoms with van der Waals surface area (Å²) in [6.07, 6.45) is 0. The molecule has 0 aliphatic heterocycles. The van der Waals surface area contributed by atoms with E-state index in [0.29, 0.717) is 5.75 Å². The molecule has 0 saturated heterocycles. The van der Waals surface area contributed by atoms with Crippen molar-refractivity contribution in [1.82, 2.24) is 5.32 Å². The number of nitrogens with one attached hydrogen (secondary N) is 1. The molecule has 0 fully saturated rings. The van der Waals surface area contributed by atoms with Crippen LogP contribution in [-0.2, 0) is 4.79 Å². The van der Waals surface area contributed by atoms with Gasteiger partial charge in [-0.2, -0.15) is 0 Å². The lowest BCUT2D eigenvalue weighted by Crippen LogP contribution is -2.23. The highest BCUT2D eigenvalue weighted by Gasteiger charge is 2.18. The van der Waals surface area contributed by atoms with Crippen molar-refractivity contribution >= 4 is 23.5 Å². The molecule has 1 aromatic rings. The highest BCUT2D eigenvalue weighted by molar-refractivity contribution is 8.01. The van der Waals surface area contributed by atoms with Gasteiger partial charge in [0.05, 0.1) is 11.0 Å². The molecule has 0 heterocycles. The highest BCUT2D eigenvalue weighted by atomic mass is 32.2. The van der Waals surface area contributed by atoms with Gasteiger partial charge in [0.2, 0.25) is 5.91 Å². The summed E-state index contributed by atoms with van der Waals surface area (Å²) in [7, 11) is 1.60. The number of Topliss-reactive ketones (excluding diaryl/α,β-unsaturated/α-hetero) is 1. The van der Waals surface area contributed by atoms with Gasteiger partial charge in [0.15, 0.2) is 5.78 Å². The van der Waals surface area contributed by atoms with Gasteiger partial charge in [0.1, 0.15) is 0 Å². The van der Waals surface area contributed by atoms with Crippen LogP contribution in [0.1, 0.15) is 28.4 Å². The SMILES string of the molecule is CNC(=O)CSC(C)C(=O)c1cc(C)ccc1C. The number of carbonyl (C=O) groups is 2. The van der Waals surface area contributed by atoms with Gasteiger partial charge in [0, 0.05) is 12.6 Å². The third-order valence-electron chi connectivity index (χ3n) is 2.77. The number of rotatable bonds is 5. The molecule has 0 aromatic heterocycles. The number of carbonyl (C=O) groups excluding carboxylic acids is 2. The fraction of sp³-hybridized carbons (Fsp3) is 0.429. The van der Waals surface area contributed by atoms with Crippen LogP contribution in [0.2, 0.25) is 0 Å². The Morgan fingerprint density at radius 3 is 2.61 bits per heavy atom. The van der Waals surface area contributed by atoms with Gasteiger partial charge in [0.25, 0.3) is 0 Å². The maximum absolute atomic E-state index is 12.3. The molecular weight excluding hydrogens is 246 g/mol. The predicted molar refractivity (Wildman–Crippen MR) is 76.2 cm³/mol. The van der Waals surface area contributed by atoms with E-state index >= 15 is 0 Å². The van der Waals surface area contributed by atoms with E-state index in [2.05, 4.69) is 5.32 Å². The van der Waals surface area contributed by atoms with Crippen molar-refractivity contribution in [3.8, 4) is 0 Å². The summed E-state index contributed by atoms with van der Waals surface area (Å²) in [5.74, 6) is 0.347. The average molecular weight is 265 g/mol. The molecule has 0 spiro atoms. The minimum absolute atomic E-state index is 0.0550. The summed E-state index contributed by atoms with van der Waals surface area (Å²) in [6, 6.07) is 5.86. The molecule has 1 atom stereocenters. The summed E-state index contributed by atoms with van der Waals surface area (Å²) >= 11 is 1.37. The highest BCUT2D eigenvalue weighted by Crippen LogP contribution is 2.19. The number of amides is 1. The Morgan fingerprint density at radius 2 is 2.00 bits per heavy atom. The Balaban J connectivity index is 2.74. The smallest absolute Gasteiger partial charge is 0.229 e. The Labute approximate surface area is 112 Å². The monoisotopic (exact) mass is 265 g/mol. The van der Waals surface area contributed by atoms with Gasteiger partial charge in [-0.15, -0.1) is 11.8 Å². The minimum Gasteiger partial charge on any atom is -0.358 e. The average Bonchev–Trinajstić information content (AvgIpc) is 2.37. The Bertz CT molecular complexity index is 457. The van der Waals surface area contributed by atoms with Gasteiger partial charge in [-0.1, -0.05) is 17.7 Å². The first-order valence-electron chi connectivity index (χ1n) is 5.89. The van der Waals surface area contributed by atoms with Crippen molar-refractivity contribution in [2.45, 2.75) is 26.0 Å². The summed E-state index contributed by atoms with van der Waals surface area (Å²) < 4.78 is 0. The van der Waals surface area contributed by atoms with Crippen LogP contribution in [0.4, 0.5) is 0 Å². The quantitative estimate of drug-likeness (QED) is 0.831. The molecule has 0 saturated carbocycles. The van der Waals surface area contributed by atoms with E-state index in [1.807, 2.05) is 39.0 Å². The number of hydrogen-bond acceptors (Lipinski definition) is 3. The maximum atomic E-state index is 12.3. The minimum atomic E-state index is -0.206. The van der Waals surface area contributed by atoms with Crippen LogP contribution in [-0.4, -0.2) is 29.7 Å². The molecule has 1 N–H and O–H groups in total. The summed E-state index contributed by atoms with van der Waals surface area (Å²) in [5, 5.41) is 2.34. The Morgan fingerprint density at radius 1 is 1.33 bits per heavy atom. The number of ketones is 1. The molecule has 1 rings (SSSR count). The normalized spacial score (nSPS) is 12.0. The molecule has 4 heteroatoms. The second kappa shape index (κ2) is 6.59. The van der Waals surface area contributed by atoms with Crippen LogP contribution in [0.15, 0.2) is 18.2 Å². The van der Waals surface area contributed by atoms with Crippen molar-refractivity contribution in [3.63, 3.8) is 0 Å². The first-order chi connectivity index (χ1) is 8.45. The van der Waals surface area contributed by atoms with Crippen molar-refractivity contribution in [3.05, 3.63) is 34.9 Å². The van der Waals surface area contributed by atoms with E-state index in [-0.39, 0.29) is 16.9 Å². The first kappa shape index (κ1) is 14.8. The van der Waals surface area contributed by atoms with E-state index < -0.39 is 0 Å². The van der Waals surface area contributed by atoms with E-state index in [0.717, 1.165) is 16.7 Å². The van der Waals surface area contributed by atoms with Gasteiger partial charge in [-0.25, -0.2) is 0 Å². The molecule has 0 aliphatic carbocycles. The zero-order valence-corrected chi connectivity index (χ0v) is 12.1. The molecule has 18 heavy (non-hydrogen) atoms. The molecule has 3 nitrogen and oxygen atoms in total. The summed E-state index contributed by atoms with van der Waals surface area (Å²) in [6.45, 7) is 5.75. The van der Waals surface area contributed by atoms with E-state index in [1.165, 1.54) is 11.8 Å². The van der Waals surface area contributed by atoms with Gasteiger partial charge in [-0.3, -0.25) is 9.59 Å². The standard InChI is InChI=1S/C14H19NO2S/c1-9-5-6-10(2)12(7-9)14(17)11(3)18-8-13(16)15-4/h5-7,11H,8H2,1-4H3,(H,15,16). The fourth-order valence-electron chi connectivity index (χ4n) is 1.57. The van der Waals surface area contributed by atoms with Crippen molar-refractivity contribution < 1.29 is 9.59 Å². The van der Waals surface area contributed by atoms with Crippen molar-refractivity contribution in [1.29, 1.82) is 0 Å². The summed E-state index contributed by atoms with van der Waals surface area (Å²) in [5.41, 5.74) is 2.82. The third-order valence-corrected chi connectivity index (χ3v) is 3.91. The van der Waals surface area contributed by atoms with Gasteiger partial charge >= 0.3 is 0 Å². The molecule has 1 amide bonds. The van der Waals surface area contributed by atoms with Crippen LogP contribution in [0, 0.1) is 13.8 Å². The van der Waals surface area contributed by atoms with Crippen LogP contribution in [0.25, 0.3) is 0 Å². The van der Waals surface area contributed by atoms with Crippen molar-refractivity contribution in [2.24, 2.45) is 0 Å². The Kier molecular flexibility index (Phi) is 5.41. The number of hydrogen-bond donors (Lipinski definition) is 1. The van der Waals surface area contributed by atoms with Crippen LogP contribution < -0.4 is 5.32 Å². The molecular formula is C14H19NO2S. The molecule has 0 radical (unpaired) electrons. The van der Waals surface area contributed by atoms with Gasteiger partial charge in [-0.05, 0) is 32.4 Å². The molecule has 0 bridgehead atoms. The topological polar surface area (TPSA) is 46.2 Å². The van der Waals surface area contributed by atoms with E-state index in [9.17, 15) is 9.59 Å². The van der Waals surface area contributed by atoms with Crippen LogP contribution in [0.5, 0.6) is 0 Å². The van der Waals surface area contributed by atoms with Crippen LogP contribution in [0.3, 0.4) is 0 Å². The zero-order valence-electron chi connectivity index (χ0n) is 11.2. The zero-order chi connectivity index (χ0) is 13.7. The molecule has 1 aromatic carbocycles. The Hall–Kier alpha value is -1.29. The van der Waals surface area contributed by atoms with E-state index in [4.69, 9.17) is 0 Å². The molecule has 98 valence electrons. The summed E-state index contributed by atoms with van der Waals surface area (Å²) in [4.78, 5) is 23.4. The second-order valence-electron chi connectivity index (χ2n) is 4.31. The molecule has 1 unspecified atom stereocenters. The maximum Gasteiger partial charge on any atom is 0.229 e. The van der Waals surface area contributed by atoms with Crippen LogP contribution >= 0.6 is 11.8 Å². The second-order valence-corrected chi connectivity index (χ2v) is 5.64.